The third-order valence-corrected chi connectivity index (χ3v) is 6.58. The van der Waals surface area contributed by atoms with Crippen molar-refractivity contribution in [2.75, 3.05) is 24.2 Å². The SMILES string of the molecule is Cc1c(Oc2ccc(S(C)(=O)=O)cc2F)ncnc1OC1CCN(c2nc(C(C)C)no2)CC1. The molecular weight excluding hydrogens is 465 g/mol. The van der Waals surface area contributed by atoms with Crippen LogP contribution in [-0.4, -0.2) is 54.0 Å². The fraction of sp³-hybridized carbons (Fsp3) is 0.455. The van der Waals surface area contributed by atoms with Gasteiger partial charge in [0.2, 0.25) is 11.8 Å². The second kappa shape index (κ2) is 9.53. The molecule has 3 aromatic rings. The van der Waals surface area contributed by atoms with Crippen molar-refractivity contribution in [3.8, 4) is 17.5 Å². The van der Waals surface area contributed by atoms with Gasteiger partial charge in [-0.2, -0.15) is 4.98 Å². The third-order valence-electron chi connectivity index (χ3n) is 5.47. The van der Waals surface area contributed by atoms with Gasteiger partial charge in [-0.1, -0.05) is 19.0 Å². The Bertz CT molecular complexity index is 1270. The second-order valence-electron chi connectivity index (χ2n) is 8.47. The highest BCUT2D eigenvalue weighted by Gasteiger charge is 2.26. The van der Waals surface area contributed by atoms with E-state index in [4.69, 9.17) is 14.0 Å². The first-order valence-electron chi connectivity index (χ1n) is 10.9. The van der Waals surface area contributed by atoms with Gasteiger partial charge in [0, 0.05) is 38.1 Å². The summed E-state index contributed by atoms with van der Waals surface area (Å²) in [6.07, 6.45) is 3.65. The molecule has 0 unspecified atom stereocenters. The summed E-state index contributed by atoms with van der Waals surface area (Å²) in [5.74, 6) is 0.393. The van der Waals surface area contributed by atoms with Crippen LogP contribution in [0.2, 0.25) is 0 Å². The first kappa shape index (κ1) is 23.9. The van der Waals surface area contributed by atoms with Crippen LogP contribution in [0.3, 0.4) is 0 Å². The summed E-state index contributed by atoms with van der Waals surface area (Å²) in [5, 5.41) is 4.01. The summed E-state index contributed by atoms with van der Waals surface area (Å²) in [4.78, 5) is 14.6. The maximum absolute atomic E-state index is 14.4. The molecule has 4 rings (SSSR count). The Morgan fingerprint density at radius 3 is 2.50 bits per heavy atom. The number of sulfone groups is 1. The molecule has 34 heavy (non-hydrogen) atoms. The fourth-order valence-corrected chi connectivity index (χ4v) is 4.08. The number of halogens is 1. The average Bonchev–Trinajstić information content (AvgIpc) is 3.28. The predicted molar refractivity (Wildman–Crippen MR) is 121 cm³/mol. The van der Waals surface area contributed by atoms with Crippen molar-refractivity contribution in [2.45, 2.75) is 50.5 Å². The Labute approximate surface area is 197 Å². The van der Waals surface area contributed by atoms with E-state index < -0.39 is 15.7 Å². The molecule has 1 aliphatic rings. The number of rotatable bonds is 7. The summed E-state index contributed by atoms with van der Waals surface area (Å²) >= 11 is 0. The van der Waals surface area contributed by atoms with Crippen LogP contribution in [0, 0.1) is 12.7 Å². The molecule has 182 valence electrons. The molecule has 12 heteroatoms. The van der Waals surface area contributed by atoms with E-state index in [0.29, 0.717) is 36.4 Å². The number of aromatic nitrogens is 4. The van der Waals surface area contributed by atoms with Crippen LogP contribution in [-0.2, 0) is 9.84 Å². The van der Waals surface area contributed by atoms with E-state index in [2.05, 4.69) is 20.1 Å². The number of piperidine rings is 1. The van der Waals surface area contributed by atoms with Crippen LogP contribution in [0.1, 0.15) is 44.0 Å². The summed E-state index contributed by atoms with van der Waals surface area (Å²) in [7, 11) is -3.53. The number of anilines is 1. The van der Waals surface area contributed by atoms with E-state index in [1.807, 2.05) is 18.7 Å². The maximum atomic E-state index is 14.4. The van der Waals surface area contributed by atoms with Crippen LogP contribution < -0.4 is 14.4 Å². The molecule has 0 spiro atoms. The van der Waals surface area contributed by atoms with Crippen molar-refractivity contribution in [1.29, 1.82) is 0 Å². The second-order valence-corrected chi connectivity index (χ2v) is 10.5. The normalized spacial score (nSPS) is 15.1. The number of ether oxygens (including phenoxy) is 2. The molecule has 3 heterocycles. The Morgan fingerprint density at radius 1 is 1.18 bits per heavy atom. The van der Waals surface area contributed by atoms with Gasteiger partial charge in [-0.15, -0.1) is 0 Å². The van der Waals surface area contributed by atoms with Crippen LogP contribution in [0.15, 0.2) is 33.9 Å². The van der Waals surface area contributed by atoms with Crippen molar-refractivity contribution in [3.05, 3.63) is 41.7 Å². The molecule has 1 aliphatic heterocycles. The van der Waals surface area contributed by atoms with Crippen molar-refractivity contribution in [2.24, 2.45) is 0 Å². The Morgan fingerprint density at radius 2 is 1.88 bits per heavy atom. The molecule has 0 bridgehead atoms. The van der Waals surface area contributed by atoms with Crippen LogP contribution in [0.25, 0.3) is 0 Å². The number of hydrogen-bond donors (Lipinski definition) is 0. The minimum atomic E-state index is -3.53. The van der Waals surface area contributed by atoms with Crippen LogP contribution in [0.4, 0.5) is 10.4 Å². The molecule has 1 saturated heterocycles. The standard InChI is InChI=1S/C22H26FN5O5S/c1-13(2)19-26-22(33-27-19)28-9-7-15(8-10-28)31-20-14(3)21(25-12-24-20)32-18-6-5-16(11-17(18)23)34(4,29)30/h5-6,11-13,15H,7-10H2,1-4H3. The smallest absolute Gasteiger partial charge is 0.324 e. The van der Waals surface area contributed by atoms with Crippen molar-refractivity contribution in [1.82, 2.24) is 20.1 Å². The summed E-state index contributed by atoms with van der Waals surface area (Å²) < 4.78 is 54.7. The van der Waals surface area contributed by atoms with Crippen molar-refractivity contribution < 1.29 is 26.8 Å². The van der Waals surface area contributed by atoms with Gasteiger partial charge in [-0.05, 0) is 25.1 Å². The zero-order valence-electron chi connectivity index (χ0n) is 19.4. The molecule has 1 aromatic carbocycles. The quantitative estimate of drug-likeness (QED) is 0.484. The number of nitrogens with zero attached hydrogens (tertiary/aromatic N) is 5. The molecule has 2 aromatic heterocycles. The molecule has 0 saturated carbocycles. The molecule has 0 atom stereocenters. The van der Waals surface area contributed by atoms with E-state index >= 15 is 0 Å². The van der Waals surface area contributed by atoms with Crippen LogP contribution >= 0.6 is 0 Å². The van der Waals surface area contributed by atoms with Gasteiger partial charge in [0.1, 0.15) is 12.4 Å². The molecule has 0 radical (unpaired) electrons. The molecule has 0 N–H and O–H groups in total. The first-order chi connectivity index (χ1) is 16.1. The molecule has 0 amide bonds. The Kier molecular flexibility index (Phi) is 6.69. The van der Waals surface area contributed by atoms with Gasteiger partial charge in [-0.3, -0.25) is 0 Å². The lowest BCUT2D eigenvalue weighted by Gasteiger charge is -2.30. The fourth-order valence-electron chi connectivity index (χ4n) is 3.45. The lowest BCUT2D eigenvalue weighted by atomic mass is 10.1. The molecule has 10 nitrogen and oxygen atoms in total. The highest BCUT2D eigenvalue weighted by Crippen LogP contribution is 2.31. The van der Waals surface area contributed by atoms with E-state index in [0.717, 1.165) is 25.2 Å². The minimum absolute atomic E-state index is 0.0871. The maximum Gasteiger partial charge on any atom is 0.324 e. The van der Waals surface area contributed by atoms with Gasteiger partial charge < -0.3 is 18.9 Å². The van der Waals surface area contributed by atoms with E-state index in [9.17, 15) is 12.8 Å². The Hall–Kier alpha value is -3.28. The lowest BCUT2D eigenvalue weighted by Crippen LogP contribution is -2.38. The van der Waals surface area contributed by atoms with Gasteiger partial charge in [-0.25, -0.2) is 22.8 Å². The Balaban J connectivity index is 1.41. The number of benzene rings is 1. The monoisotopic (exact) mass is 491 g/mol. The zero-order chi connectivity index (χ0) is 24.5. The highest BCUT2D eigenvalue weighted by atomic mass is 32.2. The highest BCUT2D eigenvalue weighted by molar-refractivity contribution is 7.90. The van der Waals surface area contributed by atoms with E-state index in [-0.39, 0.29) is 28.5 Å². The van der Waals surface area contributed by atoms with Gasteiger partial charge in [0.25, 0.3) is 0 Å². The molecule has 0 aliphatic carbocycles. The number of hydrogen-bond acceptors (Lipinski definition) is 10. The molecule has 1 fully saturated rings. The first-order valence-corrected chi connectivity index (χ1v) is 12.7. The predicted octanol–water partition coefficient (Wildman–Crippen LogP) is 3.67. The summed E-state index contributed by atoms with van der Waals surface area (Å²) in [6.45, 7) is 7.12. The van der Waals surface area contributed by atoms with Crippen molar-refractivity contribution in [3.63, 3.8) is 0 Å². The van der Waals surface area contributed by atoms with E-state index in [1.54, 1.807) is 6.92 Å². The third kappa shape index (κ3) is 5.27. The van der Waals surface area contributed by atoms with Gasteiger partial charge >= 0.3 is 6.01 Å². The minimum Gasteiger partial charge on any atom is -0.474 e. The van der Waals surface area contributed by atoms with Crippen molar-refractivity contribution >= 4 is 15.9 Å². The summed E-state index contributed by atoms with van der Waals surface area (Å²) in [5.41, 5.74) is 0.509. The molecular formula is C22H26FN5O5S. The summed E-state index contributed by atoms with van der Waals surface area (Å²) in [6, 6.07) is 3.97. The van der Waals surface area contributed by atoms with Gasteiger partial charge in [0.15, 0.2) is 27.2 Å². The topological polar surface area (TPSA) is 121 Å². The lowest BCUT2D eigenvalue weighted by molar-refractivity contribution is 0.159. The average molecular weight is 492 g/mol. The van der Waals surface area contributed by atoms with E-state index in [1.165, 1.54) is 18.5 Å². The van der Waals surface area contributed by atoms with Gasteiger partial charge in [0.05, 0.1) is 10.5 Å². The van der Waals surface area contributed by atoms with Crippen LogP contribution in [0.5, 0.6) is 17.5 Å². The zero-order valence-corrected chi connectivity index (χ0v) is 20.2. The largest absolute Gasteiger partial charge is 0.474 e.